The molecule has 0 fully saturated rings. The van der Waals surface area contributed by atoms with Crippen LogP contribution in [-0.4, -0.2) is 9.55 Å². The number of hydrogen-bond acceptors (Lipinski definition) is 1. The minimum Gasteiger partial charge on any atom is -0.330 e. The summed E-state index contributed by atoms with van der Waals surface area (Å²) in [5, 5.41) is 0. The molecule has 0 aliphatic heterocycles. The summed E-state index contributed by atoms with van der Waals surface area (Å²) >= 11 is 0. The monoisotopic (exact) mass is 374 g/mol. The first-order valence-corrected chi connectivity index (χ1v) is 11.0. The van der Waals surface area contributed by atoms with Gasteiger partial charge in [-0.3, -0.25) is 0 Å². The molecule has 1 heterocycles. The first-order valence-electron chi connectivity index (χ1n) is 11.0. The number of rotatable bonds is 12. The molecule has 0 aliphatic rings. The largest absolute Gasteiger partial charge is 0.330 e. The Kier molecular flexibility index (Phi) is 8.36. The molecule has 1 aromatic heterocycles. The first-order chi connectivity index (χ1) is 13.9. The van der Waals surface area contributed by atoms with Crippen LogP contribution in [-0.2, 0) is 0 Å². The van der Waals surface area contributed by atoms with Crippen LogP contribution in [0.15, 0.2) is 73.3 Å². The summed E-state index contributed by atoms with van der Waals surface area (Å²) in [4.78, 5) is 4.32. The Morgan fingerprint density at radius 3 is 2.18 bits per heavy atom. The van der Waals surface area contributed by atoms with Gasteiger partial charge in [-0.1, -0.05) is 113 Å². The SMILES string of the molecule is CCCCCCCCCCC(c1ccccc1-c1ccccc1)n1ccnc1. The second-order valence-electron chi connectivity index (χ2n) is 7.74. The van der Waals surface area contributed by atoms with Gasteiger partial charge in [-0.05, 0) is 23.1 Å². The van der Waals surface area contributed by atoms with Gasteiger partial charge in [-0.25, -0.2) is 4.98 Å². The van der Waals surface area contributed by atoms with E-state index < -0.39 is 0 Å². The number of imidazole rings is 1. The lowest BCUT2D eigenvalue weighted by molar-refractivity contribution is 0.490. The van der Waals surface area contributed by atoms with Crippen molar-refractivity contribution in [3.8, 4) is 11.1 Å². The molecule has 0 spiro atoms. The fraction of sp³-hybridized carbons (Fsp3) is 0.423. The lowest BCUT2D eigenvalue weighted by Gasteiger charge is -2.22. The van der Waals surface area contributed by atoms with Gasteiger partial charge >= 0.3 is 0 Å². The predicted octanol–water partition coefficient (Wildman–Crippen LogP) is 7.67. The Morgan fingerprint density at radius 2 is 1.46 bits per heavy atom. The molecule has 1 unspecified atom stereocenters. The lowest BCUT2D eigenvalue weighted by atomic mass is 9.91. The molecular weight excluding hydrogens is 340 g/mol. The number of aromatic nitrogens is 2. The number of unbranched alkanes of at least 4 members (excludes halogenated alkanes) is 7. The maximum Gasteiger partial charge on any atom is 0.0951 e. The summed E-state index contributed by atoms with van der Waals surface area (Å²) in [5.41, 5.74) is 4.02. The van der Waals surface area contributed by atoms with E-state index in [2.05, 4.69) is 77.3 Å². The van der Waals surface area contributed by atoms with Gasteiger partial charge in [0.1, 0.15) is 0 Å². The van der Waals surface area contributed by atoms with Crippen LogP contribution in [0.5, 0.6) is 0 Å². The van der Waals surface area contributed by atoms with Crippen LogP contribution in [0.2, 0.25) is 0 Å². The van der Waals surface area contributed by atoms with E-state index in [-0.39, 0.29) is 0 Å². The zero-order valence-corrected chi connectivity index (χ0v) is 17.3. The molecule has 0 amide bonds. The molecule has 28 heavy (non-hydrogen) atoms. The van der Waals surface area contributed by atoms with Crippen LogP contribution < -0.4 is 0 Å². The van der Waals surface area contributed by atoms with Gasteiger partial charge < -0.3 is 4.57 Å². The maximum atomic E-state index is 4.32. The van der Waals surface area contributed by atoms with Crippen LogP contribution in [0.3, 0.4) is 0 Å². The molecule has 0 radical (unpaired) electrons. The maximum absolute atomic E-state index is 4.32. The van der Waals surface area contributed by atoms with Crippen molar-refractivity contribution in [2.75, 3.05) is 0 Å². The van der Waals surface area contributed by atoms with Crippen molar-refractivity contribution in [3.05, 3.63) is 78.9 Å². The van der Waals surface area contributed by atoms with Crippen molar-refractivity contribution in [1.82, 2.24) is 9.55 Å². The van der Waals surface area contributed by atoms with Crippen molar-refractivity contribution < 1.29 is 0 Å². The van der Waals surface area contributed by atoms with E-state index >= 15 is 0 Å². The van der Waals surface area contributed by atoms with Crippen molar-refractivity contribution >= 4 is 0 Å². The number of nitrogens with zero attached hydrogens (tertiary/aromatic N) is 2. The van der Waals surface area contributed by atoms with Crippen LogP contribution >= 0.6 is 0 Å². The molecule has 2 aromatic carbocycles. The highest BCUT2D eigenvalue weighted by atomic mass is 15.0. The van der Waals surface area contributed by atoms with E-state index in [4.69, 9.17) is 0 Å². The molecule has 0 saturated heterocycles. The minimum atomic E-state index is 0.346. The summed E-state index contributed by atoms with van der Waals surface area (Å²) in [5.74, 6) is 0. The van der Waals surface area contributed by atoms with Crippen molar-refractivity contribution in [3.63, 3.8) is 0 Å². The average molecular weight is 375 g/mol. The second kappa shape index (κ2) is 11.5. The van der Waals surface area contributed by atoms with Gasteiger partial charge in [0.05, 0.1) is 12.4 Å². The average Bonchev–Trinajstić information content (AvgIpc) is 3.28. The topological polar surface area (TPSA) is 17.8 Å². The van der Waals surface area contributed by atoms with Crippen LogP contribution in [0.25, 0.3) is 11.1 Å². The quantitative estimate of drug-likeness (QED) is 0.297. The summed E-state index contributed by atoms with van der Waals surface area (Å²) in [6.07, 6.45) is 18.0. The normalized spacial score (nSPS) is 12.2. The highest BCUT2D eigenvalue weighted by molar-refractivity contribution is 5.68. The van der Waals surface area contributed by atoms with E-state index in [9.17, 15) is 0 Å². The van der Waals surface area contributed by atoms with Crippen molar-refractivity contribution in [1.29, 1.82) is 0 Å². The number of hydrogen-bond donors (Lipinski definition) is 0. The van der Waals surface area contributed by atoms with E-state index in [1.807, 2.05) is 12.5 Å². The van der Waals surface area contributed by atoms with Gasteiger partial charge in [0.2, 0.25) is 0 Å². The third-order valence-corrected chi connectivity index (χ3v) is 5.62. The third kappa shape index (κ3) is 5.82. The second-order valence-corrected chi connectivity index (χ2v) is 7.74. The van der Waals surface area contributed by atoms with E-state index in [1.165, 1.54) is 68.1 Å². The first kappa shape index (κ1) is 20.4. The van der Waals surface area contributed by atoms with Crippen LogP contribution in [0, 0.1) is 0 Å². The fourth-order valence-corrected chi connectivity index (χ4v) is 4.06. The predicted molar refractivity (Wildman–Crippen MR) is 119 cm³/mol. The molecule has 2 heteroatoms. The van der Waals surface area contributed by atoms with Crippen molar-refractivity contribution in [2.45, 2.75) is 70.8 Å². The third-order valence-electron chi connectivity index (χ3n) is 5.62. The Balaban J connectivity index is 1.67. The smallest absolute Gasteiger partial charge is 0.0951 e. The molecule has 0 bridgehead atoms. The highest BCUT2D eigenvalue weighted by Crippen LogP contribution is 2.33. The Hall–Kier alpha value is -2.35. The van der Waals surface area contributed by atoms with Gasteiger partial charge in [0, 0.05) is 12.4 Å². The van der Waals surface area contributed by atoms with E-state index in [1.54, 1.807) is 0 Å². The van der Waals surface area contributed by atoms with Crippen molar-refractivity contribution in [2.24, 2.45) is 0 Å². The van der Waals surface area contributed by atoms with Gasteiger partial charge in [-0.15, -0.1) is 0 Å². The minimum absolute atomic E-state index is 0.346. The van der Waals surface area contributed by atoms with Gasteiger partial charge in [-0.2, -0.15) is 0 Å². The Morgan fingerprint density at radius 1 is 0.786 bits per heavy atom. The Labute approximate surface area is 170 Å². The standard InChI is InChI=1S/C26H34N2/c1-2-3-4-5-6-7-8-12-19-26(28-21-20-27-22-28)25-18-14-13-17-24(25)23-15-10-9-11-16-23/h9-11,13-18,20-22,26H,2-8,12,19H2,1H3. The summed E-state index contributed by atoms with van der Waals surface area (Å²) in [6, 6.07) is 19.9. The highest BCUT2D eigenvalue weighted by Gasteiger charge is 2.17. The zero-order chi connectivity index (χ0) is 19.4. The molecule has 0 aliphatic carbocycles. The Bertz CT molecular complexity index is 777. The van der Waals surface area contributed by atoms with E-state index in [0.29, 0.717) is 6.04 Å². The van der Waals surface area contributed by atoms with Crippen LogP contribution in [0.1, 0.15) is 76.3 Å². The van der Waals surface area contributed by atoms with Gasteiger partial charge in [0.25, 0.3) is 0 Å². The molecule has 3 aromatic rings. The molecular formula is C26H34N2. The molecule has 0 N–H and O–H groups in total. The lowest BCUT2D eigenvalue weighted by Crippen LogP contribution is -2.10. The molecule has 148 valence electrons. The zero-order valence-electron chi connectivity index (χ0n) is 17.3. The summed E-state index contributed by atoms with van der Waals surface area (Å²) in [7, 11) is 0. The van der Waals surface area contributed by atoms with E-state index in [0.717, 1.165) is 6.42 Å². The molecule has 0 saturated carbocycles. The number of benzene rings is 2. The molecule has 3 rings (SSSR count). The summed E-state index contributed by atoms with van der Waals surface area (Å²) < 4.78 is 2.28. The van der Waals surface area contributed by atoms with Crippen LogP contribution in [0.4, 0.5) is 0 Å². The fourth-order valence-electron chi connectivity index (χ4n) is 4.06. The molecule has 1 atom stereocenters. The summed E-state index contributed by atoms with van der Waals surface area (Å²) in [6.45, 7) is 2.28. The van der Waals surface area contributed by atoms with Gasteiger partial charge in [0.15, 0.2) is 0 Å². The molecule has 2 nitrogen and oxygen atoms in total.